The third-order valence-electron chi connectivity index (χ3n) is 3.60. The normalized spacial score (nSPS) is 18.8. The van der Waals surface area contributed by atoms with Crippen LogP contribution in [0.3, 0.4) is 0 Å². The molecule has 1 saturated heterocycles. The van der Waals surface area contributed by atoms with Crippen LogP contribution in [0, 0.1) is 0 Å². The number of fused-ring (bicyclic) bond motifs is 1. The first-order valence-electron chi connectivity index (χ1n) is 6.34. The second-order valence-corrected chi connectivity index (χ2v) is 6.08. The Morgan fingerprint density at radius 2 is 2.00 bits per heavy atom. The molecule has 1 fully saturated rings. The van der Waals surface area contributed by atoms with E-state index in [0.29, 0.717) is 0 Å². The van der Waals surface area contributed by atoms with Gasteiger partial charge in [-0.25, -0.2) is 0 Å². The maximum Gasteiger partial charge on any atom is 0.134 e. The number of furan rings is 1. The molecule has 96 valence electrons. The van der Waals surface area contributed by atoms with Crippen LogP contribution in [0.1, 0.15) is 25.8 Å². The van der Waals surface area contributed by atoms with Gasteiger partial charge in [-0.2, -0.15) is 0 Å². The first-order valence-corrected chi connectivity index (χ1v) is 6.34. The van der Waals surface area contributed by atoms with Crippen LogP contribution in [-0.2, 0) is 10.2 Å². The van der Waals surface area contributed by atoms with Crippen LogP contribution < -0.4 is 5.73 Å². The Balaban J connectivity index is 2.06. The standard InChI is InChI=1S/C15H19NO2/c1-14(2,16)8-15(9-17-10-15)12-7-18-13-6-4-3-5-11(12)13/h3-7H,8-10,16H2,1-2H3. The molecule has 3 heteroatoms. The minimum Gasteiger partial charge on any atom is -0.464 e. The molecule has 2 N–H and O–H groups in total. The van der Waals surface area contributed by atoms with E-state index in [1.54, 1.807) is 0 Å². The van der Waals surface area contributed by atoms with Gasteiger partial charge in [-0.15, -0.1) is 0 Å². The molecule has 2 heterocycles. The van der Waals surface area contributed by atoms with Crippen molar-refractivity contribution in [3.8, 4) is 0 Å². The Hall–Kier alpha value is -1.32. The summed E-state index contributed by atoms with van der Waals surface area (Å²) in [6.45, 7) is 5.60. The highest BCUT2D eigenvalue weighted by Gasteiger charge is 2.45. The van der Waals surface area contributed by atoms with Crippen molar-refractivity contribution in [2.75, 3.05) is 13.2 Å². The SMILES string of the molecule is CC(C)(N)CC1(c2coc3ccccc23)COC1. The van der Waals surface area contributed by atoms with Gasteiger partial charge in [0.25, 0.3) is 0 Å². The quantitative estimate of drug-likeness (QED) is 0.904. The average Bonchev–Trinajstić information content (AvgIpc) is 2.66. The average molecular weight is 245 g/mol. The zero-order chi connectivity index (χ0) is 12.8. The summed E-state index contributed by atoms with van der Waals surface area (Å²) in [5.74, 6) is 0. The highest BCUT2D eigenvalue weighted by Crippen LogP contribution is 2.42. The van der Waals surface area contributed by atoms with Crippen LogP contribution in [0.4, 0.5) is 0 Å². The lowest BCUT2D eigenvalue weighted by Gasteiger charge is -2.44. The van der Waals surface area contributed by atoms with Gasteiger partial charge < -0.3 is 14.9 Å². The highest BCUT2D eigenvalue weighted by molar-refractivity contribution is 5.82. The summed E-state index contributed by atoms with van der Waals surface area (Å²) in [7, 11) is 0. The van der Waals surface area contributed by atoms with Crippen LogP contribution in [-0.4, -0.2) is 18.8 Å². The fourth-order valence-electron chi connectivity index (χ4n) is 2.96. The molecule has 0 atom stereocenters. The zero-order valence-electron chi connectivity index (χ0n) is 10.9. The molecule has 3 nitrogen and oxygen atoms in total. The molecule has 1 aromatic heterocycles. The Kier molecular flexibility index (Phi) is 2.50. The summed E-state index contributed by atoms with van der Waals surface area (Å²) in [5, 5.41) is 1.19. The number of rotatable bonds is 3. The van der Waals surface area contributed by atoms with Crippen LogP contribution in [0.2, 0.25) is 0 Å². The fraction of sp³-hybridized carbons (Fsp3) is 0.467. The number of para-hydroxylation sites is 1. The third kappa shape index (κ3) is 1.84. The Morgan fingerprint density at radius 3 is 2.61 bits per heavy atom. The van der Waals surface area contributed by atoms with Gasteiger partial charge in [0.1, 0.15) is 5.58 Å². The second-order valence-electron chi connectivity index (χ2n) is 6.08. The number of hydrogen-bond acceptors (Lipinski definition) is 3. The molecule has 0 radical (unpaired) electrons. The van der Waals surface area contributed by atoms with Crippen molar-refractivity contribution in [2.24, 2.45) is 5.73 Å². The van der Waals surface area contributed by atoms with Gasteiger partial charge in [-0.05, 0) is 26.3 Å². The summed E-state index contributed by atoms with van der Waals surface area (Å²) in [6.07, 6.45) is 2.78. The second kappa shape index (κ2) is 3.84. The maximum absolute atomic E-state index is 6.20. The predicted octanol–water partition coefficient (Wildman–Crippen LogP) is 2.83. The van der Waals surface area contributed by atoms with E-state index in [-0.39, 0.29) is 11.0 Å². The topological polar surface area (TPSA) is 48.4 Å². The molecule has 18 heavy (non-hydrogen) atoms. The predicted molar refractivity (Wildman–Crippen MR) is 71.6 cm³/mol. The third-order valence-corrected chi connectivity index (χ3v) is 3.60. The molecular formula is C15H19NO2. The van der Waals surface area contributed by atoms with E-state index in [2.05, 4.69) is 19.9 Å². The molecule has 0 unspecified atom stereocenters. The molecule has 0 spiro atoms. The van der Waals surface area contributed by atoms with E-state index in [0.717, 1.165) is 25.2 Å². The van der Waals surface area contributed by atoms with Crippen molar-refractivity contribution in [2.45, 2.75) is 31.2 Å². The summed E-state index contributed by atoms with van der Waals surface area (Å²) in [6, 6.07) is 8.14. The largest absolute Gasteiger partial charge is 0.464 e. The van der Waals surface area contributed by atoms with Crippen molar-refractivity contribution in [1.82, 2.24) is 0 Å². The number of ether oxygens (including phenoxy) is 1. The van der Waals surface area contributed by atoms with Crippen molar-refractivity contribution >= 4 is 11.0 Å². The van der Waals surface area contributed by atoms with Crippen LogP contribution in [0.25, 0.3) is 11.0 Å². The lowest BCUT2D eigenvalue weighted by molar-refractivity contribution is -0.0714. The fourth-order valence-corrected chi connectivity index (χ4v) is 2.96. The van der Waals surface area contributed by atoms with E-state index >= 15 is 0 Å². The maximum atomic E-state index is 6.20. The Morgan fingerprint density at radius 1 is 1.28 bits per heavy atom. The lowest BCUT2D eigenvalue weighted by Crippen LogP contribution is -2.53. The van der Waals surface area contributed by atoms with Crippen LogP contribution in [0.5, 0.6) is 0 Å². The van der Waals surface area contributed by atoms with Gasteiger partial charge in [0.05, 0.1) is 19.5 Å². The van der Waals surface area contributed by atoms with Crippen molar-refractivity contribution in [3.05, 3.63) is 36.1 Å². The zero-order valence-corrected chi connectivity index (χ0v) is 10.9. The summed E-state index contributed by atoms with van der Waals surface area (Å²) >= 11 is 0. The van der Waals surface area contributed by atoms with Crippen molar-refractivity contribution in [1.29, 1.82) is 0 Å². The van der Waals surface area contributed by atoms with E-state index in [1.807, 2.05) is 24.5 Å². The number of hydrogen-bond donors (Lipinski definition) is 1. The van der Waals surface area contributed by atoms with Gasteiger partial charge in [-0.1, -0.05) is 18.2 Å². The Bertz CT molecular complexity index is 561. The summed E-state index contributed by atoms with van der Waals surface area (Å²) in [5.41, 5.74) is 8.18. The molecule has 0 aliphatic carbocycles. The van der Waals surface area contributed by atoms with Crippen LogP contribution in [0.15, 0.2) is 34.9 Å². The van der Waals surface area contributed by atoms with Crippen LogP contribution >= 0.6 is 0 Å². The molecule has 0 bridgehead atoms. The lowest BCUT2D eigenvalue weighted by atomic mass is 9.71. The Labute approximate surface area is 107 Å². The summed E-state index contributed by atoms with van der Waals surface area (Å²) in [4.78, 5) is 0. The van der Waals surface area contributed by atoms with E-state index in [1.165, 1.54) is 10.9 Å². The minimum absolute atomic E-state index is 0.0187. The molecule has 0 amide bonds. The van der Waals surface area contributed by atoms with E-state index in [4.69, 9.17) is 14.9 Å². The van der Waals surface area contributed by atoms with Crippen molar-refractivity contribution < 1.29 is 9.15 Å². The van der Waals surface area contributed by atoms with Crippen molar-refractivity contribution in [3.63, 3.8) is 0 Å². The molecule has 0 saturated carbocycles. The number of nitrogens with two attached hydrogens (primary N) is 1. The van der Waals surface area contributed by atoms with E-state index < -0.39 is 0 Å². The molecule has 1 aromatic carbocycles. The number of benzene rings is 1. The van der Waals surface area contributed by atoms with Gasteiger partial charge in [-0.3, -0.25) is 0 Å². The smallest absolute Gasteiger partial charge is 0.134 e. The minimum atomic E-state index is -0.206. The molecule has 2 aromatic rings. The van der Waals surface area contributed by atoms with Gasteiger partial charge in [0.2, 0.25) is 0 Å². The van der Waals surface area contributed by atoms with Gasteiger partial charge in [0.15, 0.2) is 0 Å². The molecule has 3 rings (SSSR count). The molecule has 1 aliphatic rings. The van der Waals surface area contributed by atoms with Gasteiger partial charge in [0, 0.05) is 21.9 Å². The molecular weight excluding hydrogens is 226 g/mol. The first-order chi connectivity index (χ1) is 8.50. The monoisotopic (exact) mass is 245 g/mol. The summed E-state index contributed by atoms with van der Waals surface area (Å²) < 4.78 is 11.1. The molecule has 1 aliphatic heterocycles. The highest BCUT2D eigenvalue weighted by atomic mass is 16.5. The first kappa shape index (κ1) is 11.8. The van der Waals surface area contributed by atoms with Gasteiger partial charge >= 0.3 is 0 Å². The van der Waals surface area contributed by atoms with E-state index in [9.17, 15) is 0 Å².